The van der Waals surface area contributed by atoms with Gasteiger partial charge in [0, 0.05) is 25.0 Å². The van der Waals surface area contributed by atoms with E-state index in [9.17, 15) is 14.0 Å². The molecule has 5 rings (SSSR count). The molecule has 1 atom stereocenters. The van der Waals surface area contributed by atoms with E-state index in [4.69, 9.17) is 4.74 Å². The summed E-state index contributed by atoms with van der Waals surface area (Å²) >= 11 is 0. The van der Waals surface area contributed by atoms with E-state index in [-0.39, 0.29) is 36.3 Å². The van der Waals surface area contributed by atoms with E-state index in [0.29, 0.717) is 44.2 Å². The van der Waals surface area contributed by atoms with Gasteiger partial charge in [-0.05, 0) is 62.1 Å². The molecule has 2 aromatic rings. The largest absolute Gasteiger partial charge is 0.365 e. The fraction of sp³-hybridized carbons (Fsp3) is 0.577. The molecule has 1 aromatic heterocycles. The molecule has 1 saturated heterocycles. The number of nitrogens with one attached hydrogen (secondary N) is 1. The Kier molecular flexibility index (Phi) is 6.68. The molecule has 2 fully saturated rings. The number of carbonyl (C=O) groups is 2. The van der Waals surface area contributed by atoms with Gasteiger partial charge in [0.15, 0.2) is 5.69 Å². The summed E-state index contributed by atoms with van der Waals surface area (Å²) in [4.78, 5) is 32.2. The monoisotopic (exact) mass is 468 g/mol. The lowest BCUT2D eigenvalue weighted by Crippen LogP contribution is -2.46. The maximum atomic E-state index is 13.2. The number of hydrogen-bond donors (Lipinski definition) is 1. The molecule has 0 spiro atoms. The first-order chi connectivity index (χ1) is 16.5. The fourth-order valence-electron chi connectivity index (χ4n) is 5.40. The maximum Gasteiger partial charge on any atom is 0.274 e. The van der Waals surface area contributed by atoms with Crippen molar-refractivity contribution in [3.05, 3.63) is 53.4 Å². The van der Waals surface area contributed by atoms with E-state index in [1.165, 1.54) is 25.0 Å². The zero-order chi connectivity index (χ0) is 23.7. The molecule has 0 radical (unpaired) electrons. The summed E-state index contributed by atoms with van der Waals surface area (Å²) in [5.41, 5.74) is 2.10. The Bertz CT molecular complexity index is 1020. The topological polar surface area (TPSA) is 76.5 Å². The molecule has 3 aliphatic rings. The highest BCUT2D eigenvalue weighted by molar-refractivity contribution is 5.93. The second-order valence-corrected chi connectivity index (χ2v) is 10.1. The van der Waals surface area contributed by atoms with Gasteiger partial charge < -0.3 is 19.5 Å². The second kappa shape index (κ2) is 9.86. The van der Waals surface area contributed by atoms with E-state index in [1.807, 2.05) is 4.57 Å². The van der Waals surface area contributed by atoms with Crippen LogP contribution in [0.1, 0.15) is 73.3 Å². The van der Waals surface area contributed by atoms with Crippen LogP contribution in [0.5, 0.6) is 0 Å². The summed E-state index contributed by atoms with van der Waals surface area (Å²) in [5.74, 6) is 0.499. The number of carbonyl (C=O) groups excluding carboxylic acids is 2. The van der Waals surface area contributed by atoms with Gasteiger partial charge in [0.25, 0.3) is 5.91 Å². The molecule has 8 heteroatoms. The summed E-state index contributed by atoms with van der Waals surface area (Å²) < 4.78 is 21.2. The minimum atomic E-state index is -0.277. The predicted molar refractivity (Wildman–Crippen MR) is 124 cm³/mol. The zero-order valence-corrected chi connectivity index (χ0v) is 19.7. The summed E-state index contributed by atoms with van der Waals surface area (Å²) in [6, 6.07) is 6.61. The van der Waals surface area contributed by atoms with Crippen LogP contribution in [0.2, 0.25) is 0 Å². The van der Waals surface area contributed by atoms with E-state index >= 15 is 0 Å². The van der Waals surface area contributed by atoms with Crippen molar-refractivity contribution in [3.63, 3.8) is 0 Å². The first-order valence-electron chi connectivity index (χ1n) is 12.5. The fourth-order valence-corrected chi connectivity index (χ4v) is 5.40. The van der Waals surface area contributed by atoms with Gasteiger partial charge in [0.2, 0.25) is 5.91 Å². The number of amides is 2. The third-order valence-corrected chi connectivity index (χ3v) is 7.69. The quantitative estimate of drug-likeness (QED) is 0.740. The van der Waals surface area contributed by atoms with Crippen molar-refractivity contribution >= 4 is 11.8 Å². The number of fused-ring (bicyclic) bond motifs is 1. The SMILES string of the molecule is CC1CCC(NC(=O)C2CCN(C(=O)c3ncn4c3CO[C@H](c3ccc(F)cc3)C4)CC2)CC1. The number of benzene rings is 1. The standard InChI is InChI=1S/C26H33FN4O3/c1-17-2-8-21(9-3-17)29-25(32)19-10-12-30(13-11-19)26(33)24-22-15-34-23(14-31(22)16-28-24)18-4-6-20(27)7-5-18/h4-7,16-17,19,21,23H,2-3,8-15H2,1H3,(H,29,32)/t17?,21?,23-/m0/s1. The van der Waals surface area contributed by atoms with Crippen molar-refractivity contribution in [1.29, 1.82) is 0 Å². The van der Waals surface area contributed by atoms with Gasteiger partial charge in [-0.25, -0.2) is 9.37 Å². The number of likely N-dealkylation sites (tertiary alicyclic amines) is 1. The molecule has 1 saturated carbocycles. The van der Waals surface area contributed by atoms with Crippen LogP contribution in [0.15, 0.2) is 30.6 Å². The van der Waals surface area contributed by atoms with Gasteiger partial charge >= 0.3 is 0 Å². The maximum absolute atomic E-state index is 13.2. The summed E-state index contributed by atoms with van der Waals surface area (Å²) in [6.07, 6.45) is 7.35. The number of rotatable bonds is 4. The van der Waals surface area contributed by atoms with E-state index in [1.54, 1.807) is 23.4 Å². The number of halogens is 1. The smallest absolute Gasteiger partial charge is 0.274 e. The lowest BCUT2D eigenvalue weighted by molar-refractivity contribution is -0.127. The number of piperidine rings is 1. The number of aromatic nitrogens is 2. The van der Waals surface area contributed by atoms with E-state index in [2.05, 4.69) is 17.2 Å². The van der Waals surface area contributed by atoms with Crippen molar-refractivity contribution < 1.29 is 18.7 Å². The molecule has 2 amide bonds. The summed E-state index contributed by atoms with van der Waals surface area (Å²) in [5, 5.41) is 3.25. The van der Waals surface area contributed by atoms with Crippen LogP contribution in [0, 0.1) is 17.7 Å². The van der Waals surface area contributed by atoms with Crippen LogP contribution in [-0.4, -0.2) is 45.4 Å². The molecular weight excluding hydrogens is 435 g/mol. The molecular formula is C26H33FN4O3. The van der Waals surface area contributed by atoms with Crippen LogP contribution in [0.25, 0.3) is 0 Å². The van der Waals surface area contributed by atoms with Crippen LogP contribution in [0.3, 0.4) is 0 Å². The Hall–Kier alpha value is -2.74. The van der Waals surface area contributed by atoms with Crippen molar-refractivity contribution in [2.75, 3.05) is 13.1 Å². The average molecular weight is 469 g/mol. The highest BCUT2D eigenvalue weighted by atomic mass is 19.1. The minimum absolute atomic E-state index is 0.0286. The predicted octanol–water partition coefficient (Wildman–Crippen LogP) is 3.84. The van der Waals surface area contributed by atoms with Gasteiger partial charge in [0.05, 0.1) is 25.2 Å². The van der Waals surface area contributed by atoms with Crippen LogP contribution >= 0.6 is 0 Å². The molecule has 34 heavy (non-hydrogen) atoms. The highest BCUT2D eigenvalue weighted by Crippen LogP contribution is 2.29. The third-order valence-electron chi connectivity index (χ3n) is 7.69. The first-order valence-corrected chi connectivity index (χ1v) is 12.5. The number of ether oxygens (including phenoxy) is 1. The van der Waals surface area contributed by atoms with Gasteiger partial charge in [-0.15, -0.1) is 0 Å². The van der Waals surface area contributed by atoms with Gasteiger partial charge in [-0.3, -0.25) is 9.59 Å². The van der Waals surface area contributed by atoms with Crippen molar-refractivity contribution in [2.24, 2.45) is 11.8 Å². The Morgan fingerprint density at radius 3 is 2.47 bits per heavy atom. The van der Waals surface area contributed by atoms with Crippen molar-refractivity contribution in [1.82, 2.24) is 19.8 Å². The molecule has 1 N–H and O–H groups in total. The Morgan fingerprint density at radius 1 is 1.06 bits per heavy atom. The lowest BCUT2D eigenvalue weighted by atomic mass is 9.86. The highest BCUT2D eigenvalue weighted by Gasteiger charge is 2.33. The molecule has 3 heterocycles. The third kappa shape index (κ3) is 4.87. The van der Waals surface area contributed by atoms with Crippen LogP contribution in [-0.2, 0) is 22.7 Å². The lowest BCUT2D eigenvalue weighted by Gasteiger charge is -2.33. The van der Waals surface area contributed by atoms with E-state index in [0.717, 1.165) is 30.0 Å². The first kappa shape index (κ1) is 23.0. The number of hydrogen-bond acceptors (Lipinski definition) is 4. The average Bonchev–Trinajstić information content (AvgIpc) is 3.29. The Balaban J connectivity index is 1.15. The van der Waals surface area contributed by atoms with Gasteiger partial charge in [-0.1, -0.05) is 19.1 Å². The second-order valence-electron chi connectivity index (χ2n) is 10.1. The number of imidazole rings is 1. The van der Waals surface area contributed by atoms with Crippen molar-refractivity contribution in [2.45, 2.75) is 70.7 Å². The van der Waals surface area contributed by atoms with Crippen LogP contribution in [0.4, 0.5) is 4.39 Å². The van der Waals surface area contributed by atoms with E-state index < -0.39 is 0 Å². The van der Waals surface area contributed by atoms with Crippen molar-refractivity contribution in [3.8, 4) is 0 Å². The Morgan fingerprint density at radius 2 is 1.76 bits per heavy atom. The molecule has 2 aliphatic heterocycles. The van der Waals surface area contributed by atoms with Gasteiger partial charge in [0.1, 0.15) is 11.9 Å². The molecule has 0 unspecified atom stereocenters. The summed E-state index contributed by atoms with van der Waals surface area (Å²) in [6.45, 7) is 4.21. The molecule has 0 bridgehead atoms. The minimum Gasteiger partial charge on any atom is -0.365 e. The van der Waals surface area contributed by atoms with Crippen LogP contribution < -0.4 is 5.32 Å². The van der Waals surface area contributed by atoms with Gasteiger partial charge in [-0.2, -0.15) is 0 Å². The normalized spacial score (nSPS) is 25.6. The zero-order valence-electron chi connectivity index (χ0n) is 19.7. The molecule has 7 nitrogen and oxygen atoms in total. The molecule has 182 valence electrons. The summed E-state index contributed by atoms with van der Waals surface area (Å²) in [7, 11) is 0. The number of nitrogens with zero attached hydrogens (tertiary/aromatic N) is 3. The Labute approximate surface area is 199 Å². The molecule has 1 aliphatic carbocycles. The molecule has 1 aromatic carbocycles.